The van der Waals surface area contributed by atoms with Crippen LogP contribution in [0.2, 0.25) is 0 Å². The molecule has 13 heavy (non-hydrogen) atoms. The Hall–Kier alpha value is -0.0800. The first-order valence-corrected chi connectivity index (χ1v) is 5.79. The zero-order valence-corrected chi connectivity index (χ0v) is 8.34. The molecule has 0 aromatic rings. The monoisotopic (exact) mass is 183 g/mol. The normalized spacial score (nSPS) is 41.8. The first kappa shape index (κ1) is 9.47. The van der Waals surface area contributed by atoms with E-state index >= 15 is 0 Å². The molecule has 2 heteroatoms. The molecule has 1 aliphatic carbocycles. The lowest BCUT2D eigenvalue weighted by molar-refractivity contribution is 0.108. The third-order valence-electron chi connectivity index (χ3n) is 3.65. The van der Waals surface area contributed by atoms with Crippen molar-refractivity contribution in [1.82, 2.24) is 5.32 Å². The van der Waals surface area contributed by atoms with Gasteiger partial charge in [-0.1, -0.05) is 19.3 Å². The van der Waals surface area contributed by atoms with E-state index in [1.807, 2.05) is 0 Å². The number of nitrogens with one attached hydrogen (secondary N) is 1. The number of rotatable bonds is 1. The Morgan fingerprint density at radius 2 is 1.85 bits per heavy atom. The molecule has 2 N–H and O–H groups in total. The van der Waals surface area contributed by atoms with Gasteiger partial charge in [0.15, 0.2) is 0 Å². The summed E-state index contributed by atoms with van der Waals surface area (Å²) in [5, 5.41) is 13.4. The molecule has 0 radical (unpaired) electrons. The lowest BCUT2D eigenvalue weighted by atomic mass is 9.93. The number of hydrogen-bond acceptors (Lipinski definition) is 2. The molecule has 1 aliphatic heterocycles. The van der Waals surface area contributed by atoms with Crippen molar-refractivity contribution < 1.29 is 5.11 Å². The van der Waals surface area contributed by atoms with Gasteiger partial charge in [0.1, 0.15) is 0 Å². The summed E-state index contributed by atoms with van der Waals surface area (Å²) in [5.41, 5.74) is 0. The summed E-state index contributed by atoms with van der Waals surface area (Å²) in [7, 11) is 0. The van der Waals surface area contributed by atoms with Gasteiger partial charge in [-0.05, 0) is 32.2 Å². The van der Waals surface area contributed by atoms with Crippen LogP contribution in [-0.4, -0.2) is 23.8 Å². The highest BCUT2D eigenvalue weighted by Gasteiger charge is 2.32. The molecule has 3 atom stereocenters. The van der Waals surface area contributed by atoms with Crippen molar-refractivity contribution in [2.24, 2.45) is 5.92 Å². The van der Waals surface area contributed by atoms with E-state index in [1.165, 1.54) is 38.5 Å². The standard InChI is InChI=1S/C11H21NO/c13-11-7-4-5-9(11)10-6-2-1-3-8-12-10/h9-13H,1-8H2/t9-,10?,11+/m0/s1. The average Bonchev–Trinajstić information content (AvgIpc) is 2.43. The molecular formula is C11H21NO. The van der Waals surface area contributed by atoms with E-state index in [9.17, 15) is 5.11 Å². The van der Waals surface area contributed by atoms with E-state index in [2.05, 4.69) is 5.32 Å². The Balaban J connectivity index is 1.89. The quantitative estimate of drug-likeness (QED) is 0.648. The second-order valence-electron chi connectivity index (χ2n) is 4.57. The Kier molecular flexibility index (Phi) is 3.23. The van der Waals surface area contributed by atoms with Crippen LogP contribution in [0.3, 0.4) is 0 Å². The fourth-order valence-corrected chi connectivity index (χ4v) is 2.86. The van der Waals surface area contributed by atoms with Gasteiger partial charge in [0, 0.05) is 12.0 Å². The second kappa shape index (κ2) is 4.43. The summed E-state index contributed by atoms with van der Waals surface area (Å²) in [6.07, 6.45) is 8.79. The zero-order chi connectivity index (χ0) is 9.10. The molecule has 2 nitrogen and oxygen atoms in total. The van der Waals surface area contributed by atoms with Crippen LogP contribution in [0.15, 0.2) is 0 Å². The van der Waals surface area contributed by atoms with Crippen LogP contribution in [0.25, 0.3) is 0 Å². The van der Waals surface area contributed by atoms with Crippen LogP contribution < -0.4 is 5.32 Å². The van der Waals surface area contributed by atoms with Gasteiger partial charge in [0.25, 0.3) is 0 Å². The first-order valence-electron chi connectivity index (χ1n) is 5.79. The highest BCUT2D eigenvalue weighted by molar-refractivity contribution is 4.87. The van der Waals surface area contributed by atoms with Crippen molar-refractivity contribution in [2.45, 2.75) is 57.1 Å². The topological polar surface area (TPSA) is 32.3 Å². The van der Waals surface area contributed by atoms with E-state index in [-0.39, 0.29) is 6.10 Å². The van der Waals surface area contributed by atoms with Crippen molar-refractivity contribution in [3.05, 3.63) is 0 Å². The van der Waals surface area contributed by atoms with Gasteiger partial charge in [0.2, 0.25) is 0 Å². The molecule has 1 saturated heterocycles. The van der Waals surface area contributed by atoms with Crippen molar-refractivity contribution in [3.63, 3.8) is 0 Å². The summed E-state index contributed by atoms with van der Waals surface area (Å²) in [6.45, 7) is 1.16. The minimum atomic E-state index is -0.0180. The van der Waals surface area contributed by atoms with Crippen molar-refractivity contribution in [1.29, 1.82) is 0 Å². The predicted molar refractivity (Wildman–Crippen MR) is 53.6 cm³/mol. The van der Waals surface area contributed by atoms with E-state index < -0.39 is 0 Å². The van der Waals surface area contributed by atoms with Crippen molar-refractivity contribution >= 4 is 0 Å². The zero-order valence-electron chi connectivity index (χ0n) is 8.34. The van der Waals surface area contributed by atoms with E-state index in [1.54, 1.807) is 0 Å². The van der Waals surface area contributed by atoms with Crippen LogP contribution in [0.1, 0.15) is 44.9 Å². The van der Waals surface area contributed by atoms with Crippen LogP contribution in [0.5, 0.6) is 0 Å². The molecule has 0 spiro atoms. The Bertz CT molecular complexity index is 152. The first-order chi connectivity index (χ1) is 6.38. The number of aliphatic hydroxyl groups is 1. The molecule has 2 rings (SSSR count). The highest BCUT2D eigenvalue weighted by Crippen LogP contribution is 2.31. The molecule has 76 valence electrons. The number of aliphatic hydroxyl groups excluding tert-OH is 1. The van der Waals surface area contributed by atoms with Crippen LogP contribution >= 0.6 is 0 Å². The summed E-state index contributed by atoms with van der Waals surface area (Å²) < 4.78 is 0. The van der Waals surface area contributed by atoms with E-state index in [0.29, 0.717) is 12.0 Å². The van der Waals surface area contributed by atoms with Gasteiger partial charge in [-0.2, -0.15) is 0 Å². The van der Waals surface area contributed by atoms with Gasteiger partial charge in [-0.25, -0.2) is 0 Å². The lowest BCUT2D eigenvalue weighted by Gasteiger charge is -2.25. The molecule has 2 aliphatic rings. The Labute approximate surface area is 80.7 Å². The maximum Gasteiger partial charge on any atom is 0.0583 e. The van der Waals surface area contributed by atoms with Gasteiger partial charge < -0.3 is 10.4 Å². The Morgan fingerprint density at radius 3 is 2.62 bits per heavy atom. The largest absolute Gasteiger partial charge is 0.393 e. The summed E-state index contributed by atoms with van der Waals surface area (Å²) in [4.78, 5) is 0. The Morgan fingerprint density at radius 1 is 0.923 bits per heavy atom. The van der Waals surface area contributed by atoms with Crippen LogP contribution in [0, 0.1) is 5.92 Å². The molecule has 0 aromatic heterocycles. The van der Waals surface area contributed by atoms with Crippen LogP contribution in [0.4, 0.5) is 0 Å². The molecular weight excluding hydrogens is 162 g/mol. The maximum absolute atomic E-state index is 9.79. The van der Waals surface area contributed by atoms with Crippen molar-refractivity contribution in [3.8, 4) is 0 Å². The molecule has 1 unspecified atom stereocenters. The maximum atomic E-state index is 9.79. The summed E-state index contributed by atoms with van der Waals surface area (Å²) >= 11 is 0. The minimum absolute atomic E-state index is 0.0180. The predicted octanol–water partition coefficient (Wildman–Crippen LogP) is 1.68. The second-order valence-corrected chi connectivity index (χ2v) is 4.57. The van der Waals surface area contributed by atoms with Gasteiger partial charge in [0.05, 0.1) is 6.10 Å². The molecule has 0 bridgehead atoms. The highest BCUT2D eigenvalue weighted by atomic mass is 16.3. The third-order valence-corrected chi connectivity index (χ3v) is 3.65. The third kappa shape index (κ3) is 2.23. The minimum Gasteiger partial charge on any atom is -0.393 e. The smallest absolute Gasteiger partial charge is 0.0583 e. The van der Waals surface area contributed by atoms with Crippen LogP contribution in [-0.2, 0) is 0 Å². The summed E-state index contributed by atoms with van der Waals surface area (Å²) in [6, 6.07) is 0.611. The fraction of sp³-hybridized carbons (Fsp3) is 1.00. The average molecular weight is 183 g/mol. The summed E-state index contributed by atoms with van der Waals surface area (Å²) in [5.74, 6) is 0.554. The van der Waals surface area contributed by atoms with E-state index in [4.69, 9.17) is 0 Å². The van der Waals surface area contributed by atoms with Crippen molar-refractivity contribution in [2.75, 3.05) is 6.54 Å². The van der Waals surface area contributed by atoms with E-state index in [0.717, 1.165) is 13.0 Å². The van der Waals surface area contributed by atoms with Gasteiger partial charge >= 0.3 is 0 Å². The SMILES string of the molecule is O[C@@H]1CCC[C@H]1C1CCCCCN1. The molecule has 0 aromatic carbocycles. The fourth-order valence-electron chi connectivity index (χ4n) is 2.86. The molecule has 0 amide bonds. The molecule has 1 heterocycles. The number of hydrogen-bond donors (Lipinski definition) is 2. The lowest BCUT2D eigenvalue weighted by Crippen LogP contribution is -2.39. The van der Waals surface area contributed by atoms with Gasteiger partial charge in [-0.15, -0.1) is 0 Å². The molecule has 1 saturated carbocycles. The molecule has 2 fully saturated rings. The van der Waals surface area contributed by atoms with Gasteiger partial charge in [-0.3, -0.25) is 0 Å².